The van der Waals surface area contributed by atoms with E-state index in [1.165, 1.54) is 0 Å². The molecule has 0 aromatic carbocycles. The first-order chi connectivity index (χ1) is 6.26. The predicted octanol–water partition coefficient (Wildman–Crippen LogP) is 1.01. The lowest BCUT2D eigenvalue weighted by Crippen LogP contribution is -2.27. The normalized spacial score (nSPS) is 11.1. The fourth-order valence-electron chi connectivity index (χ4n) is 0.929. The van der Waals surface area contributed by atoms with E-state index < -0.39 is 0 Å². The van der Waals surface area contributed by atoms with Gasteiger partial charge in [0.1, 0.15) is 0 Å². The van der Waals surface area contributed by atoms with Crippen molar-refractivity contribution in [3.8, 4) is 0 Å². The van der Waals surface area contributed by atoms with Gasteiger partial charge in [0.05, 0.1) is 6.61 Å². The van der Waals surface area contributed by atoms with Crippen LogP contribution in [0.1, 0.15) is 19.8 Å². The molecule has 0 bridgehead atoms. The van der Waals surface area contributed by atoms with E-state index in [2.05, 4.69) is 11.9 Å². The molecule has 1 amide bonds. The molecule has 0 radical (unpaired) electrons. The van der Waals surface area contributed by atoms with Crippen LogP contribution in [0.5, 0.6) is 0 Å². The molecular formula is C10H17NO2. The number of aliphatic hydroxyl groups is 1. The van der Waals surface area contributed by atoms with E-state index in [1.54, 1.807) is 12.2 Å². The van der Waals surface area contributed by atoms with Crippen molar-refractivity contribution < 1.29 is 9.90 Å². The summed E-state index contributed by atoms with van der Waals surface area (Å²) in [7, 11) is 0. The summed E-state index contributed by atoms with van der Waals surface area (Å²) in [6.45, 7) is 5.71. The average Bonchev–Trinajstić information content (AvgIpc) is 2.16. The minimum absolute atomic E-state index is 0.0236. The maximum atomic E-state index is 11.3. The quantitative estimate of drug-likeness (QED) is 0.477. The number of rotatable bonds is 6. The van der Waals surface area contributed by atoms with Crippen molar-refractivity contribution in [3.63, 3.8) is 0 Å². The second-order valence-electron chi connectivity index (χ2n) is 2.62. The van der Waals surface area contributed by atoms with Gasteiger partial charge in [-0.15, -0.1) is 6.58 Å². The SMILES string of the molecule is C=CCC/C(=C\C)C(=O)NCCO. The standard InChI is InChI=1S/C10H17NO2/c1-3-5-6-9(4-2)10(13)11-7-8-12/h3-4,12H,1,5-8H2,2H3,(H,11,13)/b9-4+. The van der Waals surface area contributed by atoms with Gasteiger partial charge in [-0.2, -0.15) is 0 Å². The van der Waals surface area contributed by atoms with Crippen molar-refractivity contribution in [1.29, 1.82) is 0 Å². The van der Waals surface area contributed by atoms with Gasteiger partial charge in [-0.3, -0.25) is 4.79 Å². The lowest BCUT2D eigenvalue weighted by atomic mass is 10.1. The highest BCUT2D eigenvalue weighted by Gasteiger charge is 2.05. The van der Waals surface area contributed by atoms with Crippen LogP contribution in [0.4, 0.5) is 0 Å². The van der Waals surface area contributed by atoms with Crippen molar-refractivity contribution in [3.05, 3.63) is 24.3 Å². The zero-order valence-electron chi connectivity index (χ0n) is 8.05. The Hall–Kier alpha value is -1.09. The van der Waals surface area contributed by atoms with Crippen molar-refractivity contribution >= 4 is 5.91 Å². The maximum absolute atomic E-state index is 11.3. The molecule has 0 heterocycles. The van der Waals surface area contributed by atoms with E-state index in [1.807, 2.05) is 6.92 Å². The molecule has 0 aliphatic rings. The average molecular weight is 183 g/mol. The van der Waals surface area contributed by atoms with E-state index >= 15 is 0 Å². The van der Waals surface area contributed by atoms with Crippen molar-refractivity contribution in [2.24, 2.45) is 0 Å². The minimum atomic E-state index is -0.0987. The van der Waals surface area contributed by atoms with Crippen LogP contribution in [0.25, 0.3) is 0 Å². The Morgan fingerprint density at radius 3 is 2.77 bits per heavy atom. The summed E-state index contributed by atoms with van der Waals surface area (Å²) < 4.78 is 0. The Balaban J connectivity index is 3.93. The molecule has 0 rings (SSSR count). The summed E-state index contributed by atoms with van der Waals surface area (Å²) >= 11 is 0. The van der Waals surface area contributed by atoms with Crippen molar-refractivity contribution in [1.82, 2.24) is 5.32 Å². The van der Waals surface area contributed by atoms with Crippen LogP contribution in [0.3, 0.4) is 0 Å². The van der Waals surface area contributed by atoms with Crippen LogP contribution in [-0.2, 0) is 4.79 Å². The molecular weight excluding hydrogens is 166 g/mol. The lowest BCUT2D eigenvalue weighted by Gasteiger charge is -2.05. The zero-order valence-corrected chi connectivity index (χ0v) is 8.05. The van der Waals surface area contributed by atoms with Crippen LogP contribution in [-0.4, -0.2) is 24.2 Å². The summed E-state index contributed by atoms with van der Waals surface area (Å²) in [6.07, 6.45) is 5.07. The number of carbonyl (C=O) groups is 1. The Morgan fingerprint density at radius 2 is 2.31 bits per heavy atom. The molecule has 3 nitrogen and oxygen atoms in total. The monoisotopic (exact) mass is 183 g/mol. The second-order valence-corrected chi connectivity index (χ2v) is 2.62. The number of nitrogens with one attached hydrogen (secondary N) is 1. The maximum Gasteiger partial charge on any atom is 0.246 e. The number of hydrogen-bond acceptors (Lipinski definition) is 2. The van der Waals surface area contributed by atoms with Gasteiger partial charge in [-0.05, 0) is 19.8 Å². The van der Waals surface area contributed by atoms with Gasteiger partial charge in [0, 0.05) is 12.1 Å². The number of allylic oxidation sites excluding steroid dienone is 2. The van der Waals surface area contributed by atoms with Crippen LogP contribution >= 0.6 is 0 Å². The first kappa shape index (κ1) is 11.9. The van der Waals surface area contributed by atoms with Crippen LogP contribution in [0, 0.1) is 0 Å². The van der Waals surface area contributed by atoms with Gasteiger partial charge in [-0.25, -0.2) is 0 Å². The molecule has 0 aliphatic carbocycles. The van der Waals surface area contributed by atoms with Gasteiger partial charge in [-0.1, -0.05) is 12.2 Å². The van der Waals surface area contributed by atoms with Gasteiger partial charge >= 0.3 is 0 Å². The fraction of sp³-hybridized carbons (Fsp3) is 0.500. The van der Waals surface area contributed by atoms with E-state index in [0.29, 0.717) is 13.0 Å². The smallest absolute Gasteiger partial charge is 0.246 e. The summed E-state index contributed by atoms with van der Waals surface area (Å²) in [5, 5.41) is 11.1. The minimum Gasteiger partial charge on any atom is -0.395 e. The summed E-state index contributed by atoms with van der Waals surface area (Å²) in [4.78, 5) is 11.3. The Labute approximate surface area is 79.2 Å². The molecule has 13 heavy (non-hydrogen) atoms. The highest BCUT2D eigenvalue weighted by atomic mass is 16.3. The highest BCUT2D eigenvalue weighted by Crippen LogP contribution is 2.04. The molecule has 0 unspecified atom stereocenters. The van der Waals surface area contributed by atoms with Gasteiger partial charge in [0.15, 0.2) is 0 Å². The number of hydrogen-bond donors (Lipinski definition) is 2. The number of carbonyl (C=O) groups excluding carboxylic acids is 1. The summed E-state index contributed by atoms with van der Waals surface area (Å²) in [6, 6.07) is 0. The van der Waals surface area contributed by atoms with Gasteiger partial charge < -0.3 is 10.4 Å². The first-order valence-corrected chi connectivity index (χ1v) is 4.41. The molecule has 0 saturated carbocycles. The molecule has 0 aliphatic heterocycles. The van der Waals surface area contributed by atoms with Crippen molar-refractivity contribution in [2.75, 3.05) is 13.2 Å². The largest absolute Gasteiger partial charge is 0.395 e. The summed E-state index contributed by atoms with van der Waals surface area (Å²) in [5.41, 5.74) is 0.744. The Bertz CT molecular complexity index is 197. The van der Waals surface area contributed by atoms with Crippen molar-refractivity contribution in [2.45, 2.75) is 19.8 Å². The Morgan fingerprint density at radius 1 is 1.62 bits per heavy atom. The highest BCUT2D eigenvalue weighted by molar-refractivity contribution is 5.93. The summed E-state index contributed by atoms with van der Waals surface area (Å²) in [5.74, 6) is -0.0987. The first-order valence-electron chi connectivity index (χ1n) is 4.41. The van der Waals surface area contributed by atoms with E-state index in [0.717, 1.165) is 12.0 Å². The lowest BCUT2D eigenvalue weighted by molar-refractivity contribution is -0.117. The molecule has 2 N–H and O–H groups in total. The zero-order chi connectivity index (χ0) is 10.1. The third kappa shape index (κ3) is 5.20. The molecule has 74 valence electrons. The molecule has 0 fully saturated rings. The fourth-order valence-corrected chi connectivity index (χ4v) is 0.929. The van der Waals surface area contributed by atoms with Crippen LogP contribution < -0.4 is 5.32 Å². The number of amides is 1. The molecule has 3 heteroatoms. The van der Waals surface area contributed by atoms with E-state index in [9.17, 15) is 4.79 Å². The predicted molar refractivity (Wildman–Crippen MR) is 53.3 cm³/mol. The third-order valence-electron chi connectivity index (χ3n) is 1.66. The van der Waals surface area contributed by atoms with E-state index in [4.69, 9.17) is 5.11 Å². The Kier molecular flexibility index (Phi) is 6.92. The van der Waals surface area contributed by atoms with Gasteiger partial charge in [0.2, 0.25) is 5.91 Å². The molecule has 0 aromatic rings. The number of aliphatic hydroxyl groups excluding tert-OH is 1. The molecule has 0 aromatic heterocycles. The van der Waals surface area contributed by atoms with E-state index in [-0.39, 0.29) is 12.5 Å². The topological polar surface area (TPSA) is 49.3 Å². The second kappa shape index (κ2) is 7.55. The molecule has 0 atom stereocenters. The van der Waals surface area contributed by atoms with Crippen LogP contribution in [0.15, 0.2) is 24.3 Å². The van der Waals surface area contributed by atoms with Crippen LogP contribution in [0.2, 0.25) is 0 Å². The molecule has 0 spiro atoms. The molecule has 0 saturated heterocycles. The third-order valence-corrected chi connectivity index (χ3v) is 1.66. The van der Waals surface area contributed by atoms with Gasteiger partial charge in [0.25, 0.3) is 0 Å².